The Morgan fingerprint density at radius 1 is 0.405 bits per heavy atom. The minimum atomic E-state index is 1.01. The van der Waals surface area contributed by atoms with Gasteiger partial charge in [0.1, 0.15) is 5.65 Å². The number of hydrogen-bond donors (Lipinski definition) is 0. The van der Waals surface area contributed by atoms with Crippen molar-refractivity contribution in [2.24, 2.45) is 0 Å². The first-order valence-corrected chi connectivity index (χ1v) is 12.6. The van der Waals surface area contributed by atoms with E-state index in [4.69, 9.17) is 4.98 Å². The molecule has 172 valence electrons. The molecule has 2 heteroatoms. The summed E-state index contributed by atoms with van der Waals surface area (Å²) in [5.41, 5.74) is 9.21. The Balaban J connectivity index is 1.30. The molecule has 0 radical (unpaired) electrons. The van der Waals surface area contributed by atoms with Crippen LogP contribution in [-0.4, -0.2) is 9.38 Å². The summed E-state index contributed by atoms with van der Waals surface area (Å²) in [5, 5.41) is 6.16. The van der Waals surface area contributed by atoms with Crippen LogP contribution in [0.5, 0.6) is 0 Å². The van der Waals surface area contributed by atoms with Gasteiger partial charge in [0.05, 0.1) is 16.6 Å². The topological polar surface area (TPSA) is 17.3 Å². The van der Waals surface area contributed by atoms with Crippen LogP contribution in [0.4, 0.5) is 0 Å². The summed E-state index contributed by atoms with van der Waals surface area (Å²) >= 11 is 0. The van der Waals surface area contributed by atoms with Crippen LogP contribution >= 0.6 is 0 Å². The summed E-state index contributed by atoms with van der Waals surface area (Å²) < 4.78 is 2.31. The van der Waals surface area contributed by atoms with Crippen molar-refractivity contribution >= 4 is 49.1 Å². The van der Waals surface area contributed by atoms with Crippen LogP contribution in [0.2, 0.25) is 0 Å². The zero-order valence-corrected chi connectivity index (χ0v) is 20.1. The number of aromatic nitrogens is 2. The molecule has 0 aliphatic heterocycles. The van der Waals surface area contributed by atoms with E-state index in [1.54, 1.807) is 0 Å². The first-order valence-electron chi connectivity index (χ1n) is 12.6. The molecule has 0 fully saturated rings. The quantitative estimate of drug-likeness (QED) is 0.230. The largest absolute Gasteiger partial charge is 0.292 e. The van der Waals surface area contributed by atoms with Gasteiger partial charge in [-0.15, -0.1) is 0 Å². The number of hydrogen-bond acceptors (Lipinski definition) is 1. The highest BCUT2D eigenvalue weighted by molar-refractivity contribution is 6.13. The lowest BCUT2D eigenvalue weighted by Gasteiger charge is -2.09. The van der Waals surface area contributed by atoms with Crippen molar-refractivity contribution in [3.8, 4) is 22.3 Å². The van der Waals surface area contributed by atoms with Crippen LogP contribution in [0.15, 0.2) is 133 Å². The SMILES string of the molecule is c1ccc(-c2ccc3cc(-c4ccc5c(c4)nc4c6ccccc6c6ccccc6n54)ccc3c2)cc1. The van der Waals surface area contributed by atoms with Crippen LogP contribution in [0, 0.1) is 0 Å². The lowest BCUT2D eigenvalue weighted by atomic mass is 9.97. The third-order valence-electron chi connectivity index (χ3n) is 7.54. The lowest BCUT2D eigenvalue weighted by Crippen LogP contribution is -1.91. The standard InChI is InChI=1S/C35H22N2/c1-2-8-23(9-3-1)24-14-15-26-21-27(17-16-25(26)20-24)28-18-19-34-32(22-28)36-35-31-12-5-4-10-29(31)30-11-6-7-13-33(30)37(34)35/h1-22H. The zero-order valence-electron chi connectivity index (χ0n) is 20.1. The van der Waals surface area contributed by atoms with Gasteiger partial charge < -0.3 is 0 Å². The molecular weight excluding hydrogens is 448 g/mol. The van der Waals surface area contributed by atoms with Gasteiger partial charge in [0, 0.05) is 10.8 Å². The minimum absolute atomic E-state index is 1.01. The van der Waals surface area contributed by atoms with Crippen LogP contribution in [0.3, 0.4) is 0 Å². The number of benzene rings is 6. The van der Waals surface area contributed by atoms with Gasteiger partial charge >= 0.3 is 0 Å². The molecular formula is C35H22N2. The van der Waals surface area contributed by atoms with Gasteiger partial charge in [-0.05, 0) is 68.7 Å². The van der Waals surface area contributed by atoms with Gasteiger partial charge in [-0.2, -0.15) is 0 Å². The molecule has 6 aromatic carbocycles. The second-order valence-corrected chi connectivity index (χ2v) is 9.68. The van der Waals surface area contributed by atoms with Gasteiger partial charge in [0.2, 0.25) is 0 Å². The Labute approximate surface area is 214 Å². The number of nitrogens with zero attached hydrogens (tertiary/aromatic N) is 2. The summed E-state index contributed by atoms with van der Waals surface area (Å²) in [6.45, 7) is 0. The minimum Gasteiger partial charge on any atom is -0.292 e. The highest BCUT2D eigenvalue weighted by atomic mass is 15.0. The predicted octanol–water partition coefficient (Wildman–Crippen LogP) is 9.28. The maximum absolute atomic E-state index is 5.15. The third-order valence-corrected chi connectivity index (χ3v) is 7.54. The second kappa shape index (κ2) is 7.78. The molecule has 0 aliphatic carbocycles. The summed E-state index contributed by atoms with van der Waals surface area (Å²) in [7, 11) is 0. The fourth-order valence-corrected chi connectivity index (χ4v) is 5.73. The monoisotopic (exact) mass is 470 g/mol. The summed E-state index contributed by atoms with van der Waals surface area (Å²) in [6, 6.07) is 47.8. The molecule has 0 bridgehead atoms. The van der Waals surface area contributed by atoms with E-state index < -0.39 is 0 Å². The maximum Gasteiger partial charge on any atom is 0.146 e. The molecule has 0 N–H and O–H groups in total. The molecule has 2 heterocycles. The van der Waals surface area contributed by atoms with E-state index in [9.17, 15) is 0 Å². The Kier molecular flexibility index (Phi) is 4.26. The summed E-state index contributed by atoms with van der Waals surface area (Å²) in [5.74, 6) is 0. The van der Waals surface area contributed by atoms with Crippen LogP contribution in [-0.2, 0) is 0 Å². The molecule has 0 unspecified atom stereocenters. The van der Waals surface area contributed by atoms with Crippen molar-refractivity contribution in [3.05, 3.63) is 133 Å². The van der Waals surface area contributed by atoms with Crippen molar-refractivity contribution in [3.63, 3.8) is 0 Å². The maximum atomic E-state index is 5.15. The van der Waals surface area contributed by atoms with Crippen LogP contribution in [0.1, 0.15) is 0 Å². The summed E-state index contributed by atoms with van der Waals surface area (Å²) in [4.78, 5) is 5.15. The van der Waals surface area contributed by atoms with E-state index in [2.05, 4.69) is 138 Å². The normalized spacial score (nSPS) is 11.8. The summed E-state index contributed by atoms with van der Waals surface area (Å²) in [6.07, 6.45) is 0. The molecule has 37 heavy (non-hydrogen) atoms. The van der Waals surface area contributed by atoms with E-state index in [1.165, 1.54) is 54.7 Å². The fourth-order valence-electron chi connectivity index (χ4n) is 5.73. The number of pyridine rings is 1. The van der Waals surface area contributed by atoms with E-state index in [1.807, 2.05) is 0 Å². The average Bonchev–Trinajstić information content (AvgIpc) is 3.36. The van der Waals surface area contributed by atoms with Gasteiger partial charge in [-0.1, -0.05) is 103 Å². The van der Waals surface area contributed by atoms with Crippen molar-refractivity contribution < 1.29 is 0 Å². The zero-order chi connectivity index (χ0) is 24.3. The predicted molar refractivity (Wildman–Crippen MR) is 156 cm³/mol. The molecule has 8 rings (SSSR count). The first-order chi connectivity index (χ1) is 18.3. The number of para-hydroxylation sites is 1. The molecule has 0 aliphatic rings. The molecule has 0 atom stereocenters. The van der Waals surface area contributed by atoms with Gasteiger partial charge in [0.25, 0.3) is 0 Å². The number of rotatable bonds is 2. The molecule has 0 saturated heterocycles. The van der Waals surface area contributed by atoms with Gasteiger partial charge in [-0.25, -0.2) is 4.98 Å². The number of fused-ring (bicyclic) bond motifs is 9. The molecule has 0 saturated carbocycles. The van der Waals surface area contributed by atoms with Crippen molar-refractivity contribution in [1.82, 2.24) is 9.38 Å². The molecule has 8 aromatic rings. The van der Waals surface area contributed by atoms with Crippen LogP contribution in [0.25, 0.3) is 71.4 Å². The molecule has 0 spiro atoms. The first kappa shape index (κ1) is 20.3. The van der Waals surface area contributed by atoms with E-state index >= 15 is 0 Å². The average molecular weight is 471 g/mol. The van der Waals surface area contributed by atoms with Gasteiger partial charge in [-0.3, -0.25) is 4.40 Å². The highest BCUT2D eigenvalue weighted by Crippen LogP contribution is 2.34. The Morgan fingerprint density at radius 2 is 1.00 bits per heavy atom. The van der Waals surface area contributed by atoms with E-state index in [0.29, 0.717) is 0 Å². The second-order valence-electron chi connectivity index (χ2n) is 9.68. The lowest BCUT2D eigenvalue weighted by molar-refractivity contribution is 1.31. The Bertz CT molecular complexity index is 2140. The molecule has 2 nitrogen and oxygen atoms in total. The Morgan fingerprint density at radius 3 is 1.78 bits per heavy atom. The number of imidazole rings is 1. The van der Waals surface area contributed by atoms with E-state index in [-0.39, 0.29) is 0 Å². The van der Waals surface area contributed by atoms with Crippen molar-refractivity contribution in [2.75, 3.05) is 0 Å². The van der Waals surface area contributed by atoms with E-state index in [0.717, 1.165) is 16.7 Å². The van der Waals surface area contributed by atoms with Crippen molar-refractivity contribution in [1.29, 1.82) is 0 Å². The highest BCUT2D eigenvalue weighted by Gasteiger charge is 2.14. The van der Waals surface area contributed by atoms with Crippen LogP contribution < -0.4 is 0 Å². The third kappa shape index (κ3) is 3.09. The molecule has 0 amide bonds. The smallest absolute Gasteiger partial charge is 0.146 e. The Hall–Kier alpha value is -4.95. The van der Waals surface area contributed by atoms with Crippen molar-refractivity contribution in [2.45, 2.75) is 0 Å². The molecule has 2 aromatic heterocycles. The fraction of sp³-hybridized carbons (Fsp3) is 0. The van der Waals surface area contributed by atoms with Gasteiger partial charge in [0.15, 0.2) is 0 Å².